The van der Waals surface area contributed by atoms with E-state index in [2.05, 4.69) is 24.1 Å². The van der Waals surface area contributed by atoms with Crippen molar-refractivity contribution in [2.45, 2.75) is 64.5 Å². The highest BCUT2D eigenvalue weighted by molar-refractivity contribution is 4.82. The molecule has 0 bridgehead atoms. The SMILES string of the molecule is CC(C)N1CCC(NCC2CCCCC2CO)CC1. The van der Waals surface area contributed by atoms with Crippen LogP contribution in [0.2, 0.25) is 0 Å². The van der Waals surface area contributed by atoms with Crippen LogP contribution in [-0.2, 0) is 0 Å². The van der Waals surface area contributed by atoms with Gasteiger partial charge in [-0.3, -0.25) is 0 Å². The molecule has 2 aliphatic rings. The molecule has 19 heavy (non-hydrogen) atoms. The summed E-state index contributed by atoms with van der Waals surface area (Å²) in [5, 5.41) is 13.2. The Kier molecular flexibility index (Phi) is 6.11. The lowest BCUT2D eigenvalue weighted by molar-refractivity contribution is 0.121. The minimum Gasteiger partial charge on any atom is -0.396 e. The zero-order valence-corrected chi connectivity index (χ0v) is 12.8. The monoisotopic (exact) mass is 268 g/mol. The summed E-state index contributed by atoms with van der Waals surface area (Å²) in [7, 11) is 0. The highest BCUT2D eigenvalue weighted by atomic mass is 16.3. The average molecular weight is 268 g/mol. The fourth-order valence-corrected chi connectivity index (χ4v) is 3.73. The number of aliphatic hydroxyl groups excluding tert-OH is 1. The van der Waals surface area contributed by atoms with E-state index in [0.717, 1.165) is 6.54 Å². The number of nitrogens with one attached hydrogen (secondary N) is 1. The lowest BCUT2D eigenvalue weighted by atomic mass is 9.79. The lowest BCUT2D eigenvalue weighted by Crippen LogP contribution is -2.46. The summed E-state index contributed by atoms with van der Waals surface area (Å²) in [5.41, 5.74) is 0. The molecule has 1 saturated carbocycles. The van der Waals surface area contributed by atoms with E-state index in [-0.39, 0.29) is 0 Å². The maximum atomic E-state index is 9.46. The van der Waals surface area contributed by atoms with Crippen molar-refractivity contribution in [1.29, 1.82) is 0 Å². The van der Waals surface area contributed by atoms with Crippen LogP contribution in [0.4, 0.5) is 0 Å². The van der Waals surface area contributed by atoms with Gasteiger partial charge < -0.3 is 15.3 Å². The molecule has 1 heterocycles. The number of rotatable bonds is 5. The van der Waals surface area contributed by atoms with Gasteiger partial charge in [-0.2, -0.15) is 0 Å². The third kappa shape index (κ3) is 4.44. The number of aliphatic hydroxyl groups is 1. The van der Waals surface area contributed by atoms with Crippen LogP contribution in [0.3, 0.4) is 0 Å². The van der Waals surface area contributed by atoms with Gasteiger partial charge in [0.2, 0.25) is 0 Å². The summed E-state index contributed by atoms with van der Waals surface area (Å²) < 4.78 is 0. The first-order valence-electron chi connectivity index (χ1n) is 8.29. The lowest BCUT2D eigenvalue weighted by Gasteiger charge is -2.37. The van der Waals surface area contributed by atoms with E-state index < -0.39 is 0 Å². The quantitative estimate of drug-likeness (QED) is 0.803. The van der Waals surface area contributed by atoms with E-state index >= 15 is 0 Å². The molecular formula is C16H32N2O. The van der Waals surface area contributed by atoms with Gasteiger partial charge in [0.15, 0.2) is 0 Å². The zero-order valence-electron chi connectivity index (χ0n) is 12.8. The van der Waals surface area contributed by atoms with Gasteiger partial charge in [-0.25, -0.2) is 0 Å². The Balaban J connectivity index is 1.68. The number of hydrogen-bond acceptors (Lipinski definition) is 3. The highest BCUT2D eigenvalue weighted by Crippen LogP contribution is 2.29. The maximum Gasteiger partial charge on any atom is 0.0462 e. The molecule has 0 aromatic carbocycles. The van der Waals surface area contributed by atoms with Gasteiger partial charge >= 0.3 is 0 Å². The molecule has 2 N–H and O–H groups in total. The Morgan fingerprint density at radius 2 is 1.68 bits per heavy atom. The van der Waals surface area contributed by atoms with E-state index in [1.165, 1.54) is 51.6 Å². The molecular weight excluding hydrogens is 236 g/mol. The molecule has 0 amide bonds. The number of hydrogen-bond donors (Lipinski definition) is 2. The van der Waals surface area contributed by atoms with E-state index in [4.69, 9.17) is 0 Å². The Morgan fingerprint density at radius 1 is 1.05 bits per heavy atom. The third-order valence-corrected chi connectivity index (χ3v) is 5.23. The molecule has 3 nitrogen and oxygen atoms in total. The molecule has 1 saturated heterocycles. The Morgan fingerprint density at radius 3 is 2.26 bits per heavy atom. The molecule has 0 radical (unpaired) electrons. The molecule has 0 spiro atoms. The standard InChI is InChI=1S/C16H32N2O/c1-13(2)18-9-7-16(8-10-18)17-11-14-5-3-4-6-15(14)12-19/h13-17,19H,3-12H2,1-2H3. The van der Waals surface area contributed by atoms with Gasteiger partial charge in [0, 0.05) is 18.7 Å². The van der Waals surface area contributed by atoms with Crippen LogP contribution in [0.5, 0.6) is 0 Å². The van der Waals surface area contributed by atoms with Crippen LogP contribution in [0, 0.1) is 11.8 Å². The van der Waals surface area contributed by atoms with Crippen molar-refractivity contribution >= 4 is 0 Å². The number of piperidine rings is 1. The van der Waals surface area contributed by atoms with Crippen molar-refractivity contribution in [3.8, 4) is 0 Å². The van der Waals surface area contributed by atoms with E-state index in [1.807, 2.05) is 0 Å². The highest BCUT2D eigenvalue weighted by Gasteiger charge is 2.26. The average Bonchev–Trinajstić information content (AvgIpc) is 2.45. The summed E-state index contributed by atoms with van der Waals surface area (Å²) in [6, 6.07) is 1.40. The summed E-state index contributed by atoms with van der Waals surface area (Å²) in [5.74, 6) is 1.26. The molecule has 3 heteroatoms. The van der Waals surface area contributed by atoms with Gasteiger partial charge in [-0.15, -0.1) is 0 Å². The normalized spacial score (nSPS) is 30.9. The summed E-state index contributed by atoms with van der Waals surface area (Å²) in [6.45, 7) is 8.58. The molecule has 112 valence electrons. The maximum absolute atomic E-state index is 9.46. The van der Waals surface area contributed by atoms with Crippen LogP contribution >= 0.6 is 0 Å². The molecule has 1 aliphatic carbocycles. The topological polar surface area (TPSA) is 35.5 Å². The van der Waals surface area contributed by atoms with Crippen LogP contribution in [-0.4, -0.2) is 48.3 Å². The van der Waals surface area contributed by atoms with Crippen LogP contribution in [0.1, 0.15) is 52.4 Å². The Bertz CT molecular complexity index is 249. The Labute approximate surface area is 118 Å². The van der Waals surface area contributed by atoms with Gasteiger partial charge in [0.1, 0.15) is 0 Å². The first-order valence-corrected chi connectivity index (χ1v) is 8.29. The number of likely N-dealkylation sites (tertiary alicyclic amines) is 1. The van der Waals surface area contributed by atoms with Crippen LogP contribution in [0.25, 0.3) is 0 Å². The second-order valence-corrected chi connectivity index (χ2v) is 6.80. The summed E-state index contributed by atoms with van der Waals surface area (Å²) in [6.07, 6.45) is 7.78. The van der Waals surface area contributed by atoms with Crippen molar-refractivity contribution < 1.29 is 5.11 Å². The minimum absolute atomic E-state index is 0.387. The van der Waals surface area contributed by atoms with E-state index in [1.54, 1.807) is 0 Å². The zero-order chi connectivity index (χ0) is 13.7. The van der Waals surface area contributed by atoms with Crippen LogP contribution < -0.4 is 5.32 Å². The first kappa shape index (κ1) is 15.3. The molecule has 2 fully saturated rings. The van der Waals surface area contributed by atoms with Crippen molar-refractivity contribution in [1.82, 2.24) is 10.2 Å². The second-order valence-electron chi connectivity index (χ2n) is 6.80. The fourth-order valence-electron chi connectivity index (χ4n) is 3.73. The molecule has 2 atom stereocenters. The fraction of sp³-hybridized carbons (Fsp3) is 1.00. The molecule has 2 rings (SSSR count). The largest absolute Gasteiger partial charge is 0.396 e. The van der Waals surface area contributed by atoms with Gasteiger partial charge in [-0.1, -0.05) is 12.8 Å². The Hall–Kier alpha value is -0.120. The van der Waals surface area contributed by atoms with Crippen molar-refractivity contribution in [3.63, 3.8) is 0 Å². The van der Waals surface area contributed by atoms with Crippen molar-refractivity contribution in [3.05, 3.63) is 0 Å². The molecule has 0 aromatic rings. The second kappa shape index (κ2) is 7.61. The molecule has 1 aliphatic heterocycles. The summed E-state index contributed by atoms with van der Waals surface area (Å²) >= 11 is 0. The smallest absolute Gasteiger partial charge is 0.0462 e. The minimum atomic E-state index is 0.387. The predicted molar refractivity (Wildman–Crippen MR) is 80.3 cm³/mol. The molecule has 2 unspecified atom stereocenters. The summed E-state index contributed by atoms with van der Waals surface area (Å²) in [4.78, 5) is 2.58. The first-order chi connectivity index (χ1) is 9.20. The third-order valence-electron chi connectivity index (χ3n) is 5.23. The van der Waals surface area contributed by atoms with E-state index in [9.17, 15) is 5.11 Å². The predicted octanol–water partition coefficient (Wildman–Crippen LogP) is 2.25. The van der Waals surface area contributed by atoms with Gasteiger partial charge in [0.05, 0.1) is 0 Å². The number of nitrogens with zero attached hydrogens (tertiary/aromatic N) is 1. The van der Waals surface area contributed by atoms with Crippen molar-refractivity contribution in [2.75, 3.05) is 26.2 Å². The van der Waals surface area contributed by atoms with Crippen LogP contribution in [0.15, 0.2) is 0 Å². The molecule has 0 aromatic heterocycles. The van der Waals surface area contributed by atoms with Crippen molar-refractivity contribution in [2.24, 2.45) is 11.8 Å². The van der Waals surface area contributed by atoms with E-state index in [0.29, 0.717) is 30.5 Å². The van der Waals surface area contributed by atoms with Gasteiger partial charge in [0.25, 0.3) is 0 Å². The van der Waals surface area contributed by atoms with Gasteiger partial charge in [-0.05, 0) is 71.0 Å².